The molecule has 0 bridgehead atoms. The van der Waals surface area contributed by atoms with E-state index in [2.05, 4.69) is 15.8 Å². The van der Waals surface area contributed by atoms with Crippen LogP contribution >= 0.6 is 0 Å². The van der Waals surface area contributed by atoms with Crippen molar-refractivity contribution in [1.82, 2.24) is 15.8 Å². The number of Topliss-reactive ketones (excluding diaryl/α,β-unsaturated/α-hetero) is 1. The summed E-state index contributed by atoms with van der Waals surface area (Å²) in [5.41, 5.74) is 1.89. The van der Waals surface area contributed by atoms with E-state index < -0.39 is 0 Å². The van der Waals surface area contributed by atoms with Crippen LogP contribution in [-0.4, -0.2) is 35.8 Å². The first-order chi connectivity index (χ1) is 12.0. The lowest BCUT2D eigenvalue weighted by atomic mass is 10.1. The van der Waals surface area contributed by atoms with Crippen molar-refractivity contribution in [3.63, 3.8) is 0 Å². The van der Waals surface area contributed by atoms with Crippen molar-refractivity contribution >= 4 is 17.6 Å². The third kappa shape index (κ3) is 5.87. The van der Waals surface area contributed by atoms with Crippen LogP contribution in [0.2, 0.25) is 0 Å². The highest BCUT2D eigenvalue weighted by atomic mass is 16.5. The number of hydrogen-bond donors (Lipinski definition) is 2. The fourth-order valence-electron chi connectivity index (χ4n) is 2.14. The Balaban J connectivity index is 1.63. The van der Waals surface area contributed by atoms with E-state index in [-0.39, 0.29) is 49.2 Å². The van der Waals surface area contributed by atoms with E-state index in [9.17, 15) is 14.4 Å². The Morgan fingerprint density at radius 3 is 2.32 bits per heavy atom. The van der Waals surface area contributed by atoms with Crippen molar-refractivity contribution in [3.05, 3.63) is 52.9 Å². The van der Waals surface area contributed by atoms with Gasteiger partial charge in [-0.25, -0.2) is 0 Å². The summed E-state index contributed by atoms with van der Waals surface area (Å²) in [5, 5.41) is 8.88. The summed E-state index contributed by atoms with van der Waals surface area (Å²) in [6.45, 7) is 4.19. The number of aromatic nitrogens is 1. The molecule has 2 rings (SSSR count). The summed E-state index contributed by atoms with van der Waals surface area (Å²) in [5.74, 6) is -0.103. The number of nitrogens with one attached hydrogen (secondary N) is 2. The largest absolute Gasteiger partial charge is 0.361 e. The molecule has 1 aromatic carbocycles. The van der Waals surface area contributed by atoms with Crippen LogP contribution in [0.5, 0.6) is 0 Å². The van der Waals surface area contributed by atoms with Crippen molar-refractivity contribution in [3.8, 4) is 0 Å². The maximum absolute atomic E-state index is 12.0. The Morgan fingerprint density at radius 2 is 1.68 bits per heavy atom. The molecule has 0 saturated heterocycles. The van der Waals surface area contributed by atoms with E-state index in [1.165, 1.54) is 6.07 Å². The lowest BCUT2D eigenvalue weighted by Crippen LogP contribution is -2.34. The summed E-state index contributed by atoms with van der Waals surface area (Å²) < 4.78 is 4.81. The molecule has 0 unspecified atom stereocenters. The van der Waals surface area contributed by atoms with E-state index in [1.54, 1.807) is 19.1 Å². The summed E-state index contributed by atoms with van der Waals surface area (Å²) in [6, 6.07) is 8.79. The van der Waals surface area contributed by atoms with Gasteiger partial charge in [-0.15, -0.1) is 0 Å². The molecule has 1 aromatic heterocycles. The Hall–Kier alpha value is -2.96. The normalized spacial score (nSPS) is 10.3. The maximum Gasteiger partial charge on any atom is 0.273 e. The van der Waals surface area contributed by atoms with E-state index in [0.717, 1.165) is 5.56 Å². The minimum atomic E-state index is -0.361. The van der Waals surface area contributed by atoms with Crippen LogP contribution in [0.4, 0.5) is 0 Å². The number of rotatable bonds is 8. The van der Waals surface area contributed by atoms with Crippen molar-refractivity contribution in [2.75, 3.05) is 13.1 Å². The van der Waals surface area contributed by atoms with E-state index >= 15 is 0 Å². The summed E-state index contributed by atoms with van der Waals surface area (Å²) in [6.07, 6.45) is 0.266. The molecule has 0 aliphatic heterocycles. The number of hydrogen-bond acceptors (Lipinski definition) is 5. The van der Waals surface area contributed by atoms with Gasteiger partial charge >= 0.3 is 0 Å². The Morgan fingerprint density at radius 1 is 1.00 bits per heavy atom. The number of ketones is 1. The summed E-state index contributed by atoms with van der Waals surface area (Å²) in [4.78, 5) is 35.4. The molecule has 7 nitrogen and oxygen atoms in total. The number of aryl methyl sites for hydroxylation is 2. The second kappa shape index (κ2) is 8.77. The molecule has 0 spiro atoms. The van der Waals surface area contributed by atoms with Crippen LogP contribution in [0, 0.1) is 13.8 Å². The first kappa shape index (κ1) is 18.4. The SMILES string of the molecule is Cc1ccc(C(=O)CCC(=O)NCCNC(=O)c2cc(C)on2)cc1. The molecular weight excluding hydrogens is 322 g/mol. The second-order valence-corrected chi connectivity index (χ2v) is 5.72. The minimum Gasteiger partial charge on any atom is -0.361 e. The maximum atomic E-state index is 12.0. The van der Waals surface area contributed by atoms with Gasteiger partial charge in [0.2, 0.25) is 5.91 Å². The molecule has 1 heterocycles. The van der Waals surface area contributed by atoms with Gasteiger partial charge in [0, 0.05) is 37.6 Å². The van der Waals surface area contributed by atoms with Gasteiger partial charge in [0.1, 0.15) is 5.76 Å². The summed E-state index contributed by atoms with van der Waals surface area (Å²) in [7, 11) is 0. The monoisotopic (exact) mass is 343 g/mol. The van der Waals surface area contributed by atoms with Crippen LogP contribution in [0.3, 0.4) is 0 Å². The third-order valence-corrected chi connectivity index (χ3v) is 3.55. The van der Waals surface area contributed by atoms with Gasteiger partial charge in [-0.2, -0.15) is 0 Å². The van der Waals surface area contributed by atoms with Gasteiger partial charge < -0.3 is 15.2 Å². The van der Waals surface area contributed by atoms with Crippen LogP contribution in [0.15, 0.2) is 34.9 Å². The van der Waals surface area contributed by atoms with Crippen molar-refractivity contribution in [2.45, 2.75) is 26.7 Å². The molecule has 0 aliphatic carbocycles. The van der Waals surface area contributed by atoms with Crippen LogP contribution in [0.1, 0.15) is 45.0 Å². The minimum absolute atomic E-state index is 0.0649. The van der Waals surface area contributed by atoms with Crippen LogP contribution in [-0.2, 0) is 4.79 Å². The molecule has 0 saturated carbocycles. The lowest BCUT2D eigenvalue weighted by Gasteiger charge is -2.06. The van der Waals surface area contributed by atoms with Gasteiger partial charge in [-0.05, 0) is 13.8 Å². The molecule has 0 atom stereocenters. The quantitative estimate of drug-likeness (QED) is 0.562. The standard InChI is InChI=1S/C18H21N3O4/c1-12-3-5-14(6-4-12)16(22)7-8-17(23)19-9-10-20-18(24)15-11-13(2)25-21-15/h3-6,11H,7-10H2,1-2H3,(H,19,23)(H,20,24). The fourth-order valence-corrected chi connectivity index (χ4v) is 2.14. The number of carbonyl (C=O) groups is 3. The van der Waals surface area contributed by atoms with Crippen LogP contribution < -0.4 is 10.6 Å². The van der Waals surface area contributed by atoms with Gasteiger partial charge in [0.15, 0.2) is 11.5 Å². The molecule has 7 heteroatoms. The zero-order valence-electron chi connectivity index (χ0n) is 14.3. The molecule has 2 N–H and O–H groups in total. The lowest BCUT2D eigenvalue weighted by molar-refractivity contribution is -0.121. The van der Waals surface area contributed by atoms with Crippen LogP contribution in [0.25, 0.3) is 0 Å². The topological polar surface area (TPSA) is 101 Å². The number of benzene rings is 1. The molecule has 0 fully saturated rings. The molecule has 0 aliphatic rings. The Labute approximate surface area is 145 Å². The Bertz CT molecular complexity index is 750. The predicted molar refractivity (Wildman–Crippen MR) is 91.3 cm³/mol. The van der Waals surface area contributed by atoms with Gasteiger partial charge in [0.25, 0.3) is 5.91 Å². The van der Waals surface area contributed by atoms with Crippen molar-refractivity contribution in [2.24, 2.45) is 0 Å². The highest BCUT2D eigenvalue weighted by Gasteiger charge is 2.11. The highest BCUT2D eigenvalue weighted by molar-refractivity contribution is 5.98. The third-order valence-electron chi connectivity index (χ3n) is 3.55. The fraction of sp³-hybridized carbons (Fsp3) is 0.333. The van der Waals surface area contributed by atoms with Gasteiger partial charge in [-0.3, -0.25) is 14.4 Å². The number of nitrogens with zero attached hydrogens (tertiary/aromatic N) is 1. The first-order valence-corrected chi connectivity index (χ1v) is 8.04. The number of carbonyl (C=O) groups excluding carboxylic acids is 3. The smallest absolute Gasteiger partial charge is 0.273 e. The van der Waals surface area contributed by atoms with Gasteiger partial charge in [-0.1, -0.05) is 35.0 Å². The first-order valence-electron chi connectivity index (χ1n) is 8.04. The summed E-state index contributed by atoms with van der Waals surface area (Å²) >= 11 is 0. The van der Waals surface area contributed by atoms with Crippen molar-refractivity contribution < 1.29 is 18.9 Å². The second-order valence-electron chi connectivity index (χ2n) is 5.72. The molecule has 25 heavy (non-hydrogen) atoms. The predicted octanol–water partition coefficient (Wildman–Crippen LogP) is 1.80. The zero-order chi connectivity index (χ0) is 18.2. The average molecular weight is 343 g/mol. The molecule has 2 aromatic rings. The number of amides is 2. The molecule has 2 amide bonds. The zero-order valence-corrected chi connectivity index (χ0v) is 14.3. The molecule has 0 radical (unpaired) electrons. The van der Waals surface area contributed by atoms with E-state index in [1.807, 2.05) is 19.1 Å². The average Bonchev–Trinajstić information content (AvgIpc) is 3.03. The van der Waals surface area contributed by atoms with Crippen molar-refractivity contribution in [1.29, 1.82) is 0 Å². The van der Waals surface area contributed by atoms with E-state index in [4.69, 9.17) is 4.52 Å². The Kier molecular flexibility index (Phi) is 6.45. The van der Waals surface area contributed by atoms with Gasteiger partial charge in [0.05, 0.1) is 0 Å². The molecular formula is C18H21N3O4. The highest BCUT2D eigenvalue weighted by Crippen LogP contribution is 2.07. The van der Waals surface area contributed by atoms with E-state index in [0.29, 0.717) is 11.3 Å². The molecule has 132 valence electrons.